The third kappa shape index (κ3) is 8.07. The zero-order chi connectivity index (χ0) is 28.3. The first-order valence-electron chi connectivity index (χ1n) is 14.7. The summed E-state index contributed by atoms with van der Waals surface area (Å²) in [5.41, 5.74) is 6.85. The van der Waals surface area contributed by atoms with Gasteiger partial charge in [-0.3, -0.25) is 4.79 Å². The average Bonchev–Trinajstić information content (AvgIpc) is 3.36. The minimum Gasteiger partial charge on any atom is -0.494 e. The number of amides is 1. The fraction of sp³-hybridized carbons (Fsp3) is 0.278. The van der Waals surface area contributed by atoms with Crippen molar-refractivity contribution in [1.82, 2.24) is 14.9 Å². The average molecular weight is 546 g/mol. The summed E-state index contributed by atoms with van der Waals surface area (Å²) < 4.78 is 8.29. The third-order valence-corrected chi connectivity index (χ3v) is 7.37. The van der Waals surface area contributed by atoms with Crippen LogP contribution in [0.4, 0.5) is 0 Å². The number of unbranched alkanes of at least 4 members (excludes halogenated alkanes) is 2. The van der Waals surface area contributed by atoms with Crippen molar-refractivity contribution in [2.75, 3.05) is 13.2 Å². The summed E-state index contributed by atoms with van der Waals surface area (Å²) in [6, 6.07) is 35.1. The molecule has 1 amide bonds. The number of carbonyl (C=O) groups is 1. The van der Waals surface area contributed by atoms with Gasteiger partial charge < -0.3 is 14.6 Å². The number of imidazole rings is 1. The van der Waals surface area contributed by atoms with Gasteiger partial charge in [0.05, 0.1) is 24.1 Å². The number of para-hydroxylation sites is 2. The zero-order valence-corrected chi connectivity index (χ0v) is 23.9. The van der Waals surface area contributed by atoms with Crippen molar-refractivity contribution in [3.05, 3.63) is 120 Å². The molecule has 5 nitrogen and oxygen atoms in total. The van der Waals surface area contributed by atoms with Crippen LogP contribution in [0, 0.1) is 6.92 Å². The van der Waals surface area contributed by atoms with Gasteiger partial charge in [-0.15, -0.1) is 0 Å². The fourth-order valence-corrected chi connectivity index (χ4v) is 5.12. The number of aryl methyl sites for hydroxylation is 3. The summed E-state index contributed by atoms with van der Waals surface area (Å²) in [5.74, 6) is 2.12. The Kier molecular flexibility index (Phi) is 9.83. The normalized spacial score (nSPS) is 11.0. The monoisotopic (exact) mass is 545 g/mol. The topological polar surface area (TPSA) is 56.1 Å². The van der Waals surface area contributed by atoms with Crippen molar-refractivity contribution in [1.29, 1.82) is 0 Å². The minimum atomic E-state index is 0.0760. The molecule has 0 aliphatic carbocycles. The van der Waals surface area contributed by atoms with E-state index in [1.807, 2.05) is 48.5 Å². The number of nitrogens with one attached hydrogen (secondary N) is 1. The number of fused-ring (bicyclic) bond motifs is 1. The lowest BCUT2D eigenvalue weighted by molar-refractivity contribution is -0.120. The van der Waals surface area contributed by atoms with Gasteiger partial charge >= 0.3 is 0 Å². The van der Waals surface area contributed by atoms with E-state index in [1.165, 1.54) is 22.2 Å². The number of rotatable bonds is 14. The summed E-state index contributed by atoms with van der Waals surface area (Å²) >= 11 is 0. The van der Waals surface area contributed by atoms with Crippen LogP contribution in [0.15, 0.2) is 103 Å². The lowest BCUT2D eigenvalue weighted by Crippen LogP contribution is -2.26. The lowest BCUT2D eigenvalue weighted by Gasteiger charge is -2.11. The van der Waals surface area contributed by atoms with E-state index in [0.29, 0.717) is 19.6 Å². The summed E-state index contributed by atoms with van der Waals surface area (Å²) in [7, 11) is 0. The highest BCUT2D eigenvalue weighted by atomic mass is 16.5. The second kappa shape index (κ2) is 14.3. The lowest BCUT2D eigenvalue weighted by atomic mass is 10.0. The number of carbonyl (C=O) groups excluding carboxylic acids is 1. The number of nitrogens with zero attached hydrogens (tertiary/aromatic N) is 2. The molecule has 0 saturated heterocycles. The maximum Gasteiger partial charge on any atom is 0.224 e. The highest BCUT2D eigenvalue weighted by molar-refractivity contribution is 5.79. The molecule has 0 unspecified atom stereocenters. The Morgan fingerprint density at radius 1 is 0.780 bits per heavy atom. The molecule has 0 aliphatic rings. The largest absolute Gasteiger partial charge is 0.494 e. The van der Waals surface area contributed by atoms with Crippen molar-refractivity contribution in [2.45, 2.75) is 52.0 Å². The minimum absolute atomic E-state index is 0.0760. The van der Waals surface area contributed by atoms with Crippen molar-refractivity contribution in [3.63, 3.8) is 0 Å². The first kappa shape index (κ1) is 28.2. The summed E-state index contributed by atoms with van der Waals surface area (Å²) in [4.78, 5) is 17.4. The first-order chi connectivity index (χ1) is 20.2. The molecule has 1 aromatic heterocycles. The number of hydrogen-bond donors (Lipinski definition) is 1. The van der Waals surface area contributed by atoms with E-state index in [1.54, 1.807) is 0 Å². The Hall–Kier alpha value is -4.38. The van der Waals surface area contributed by atoms with Crippen molar-refractivity contribution in [3.8, 4) is 16.9 Å². The summed E-state index contributed by atoms with van der Waals surface area (Å²) in [5, 5.41) is 3.09. The van der Waals surface area contributed by atoms with Gasteiger partial charge in [0.15, 0.2) is 0 Å². The highest BCUT2D eigenvalue weighted by Crippen LogP contribution is 2.20. The van der Waals surface area contributed by atoms with Gasteiger partial charge in [0.1, 0.15) is 11.6 Å². The summed E-state index contributed by atoms with van der Waals surface area (Å²) in [6.45, 7) is 4.34. The van der Waals surface area contributed by atoms with Crippen LogP contribution in [0.2, 0.25) is 0 Å². The maximum atomic E-state index is 12.5. The predicted octanol–water partition coefficient (Wildman–Crippen LogP) is 7.55. The van der Waals surface area contributed by atoms with Crippen molar-refractivity contribution < 1.29 is 9.53 Å². The van der Waals surface area contributed by atoms with Crippen LogP contribution in [-0.2, 0) is 24.2 Å². The van der Waals surface area contributed by atoms with E-state index in [2.05, 4.69) is 71.4 Å². The van der Waals surface area contributed by atoms with Crippen molar-refractivity contribution >= 4 is 16.9 Å². The molecule has 1 N–H and O–H groups in total. The number of ether oxygens (including phenoxy) is 1. The molecule has 1 heterocycles. The predicted molar refractivity (Wildman–Crippen MR) is 167 cm³/mol. The molecular formula is C36H39N3O2. The molecule has 0 radical (unpaired) electrons. The van der Waals surface area contributed by atoms with Gasteiger partial charge in [-0.05, 0) is 67.1 Å². The second-order valence-corrected chi connectivity index (χ2v) is 10.6. The Morgan fingerprint density at radius 3 is 2.32 bits per heavy atom. The maximum absolute atomic E-state index is 12.5. The van der Waals surface area contributed by atoms with E-state index in [0.717, 1.165) is 61.3 Å². The summed E-state index contributed by atoms with van der Waals surface area (Å²) in [6.07, 6.45) is 5.30. The molecular weight excluding hydrogens is 506 g/mol. The molecule has 0 fully saturated rings. The number of hydrogen-bond acceptors (Lipinski definition) is 3. The van der Waals surface area contributed by atoms with E-state index < -0.39 is 0 Å². The molecule has 0 atom stereocenters. The SMILES string of the molecule is Cc1ccc(OCCCn2c(CCCCCNC(=O)Cc3ccc(-c4ccccc4)cc3)nc3ccccc32)cc1. The molecule has 0 saturated carbocycles. The Morgan fingerprint density at radius 2 is 1.51 bits per heavy atom. The molecule has 5 heteroatoms. The smallest absolute Gasteiger partial charge is 0.224 e. The Labute approximate surface area is 243 Å². The van der Waals surface area contributed by atoms with Crippen LogP contribution in [0.1, 0.15) is 42.6 Å². The standard InChI is InChI=1S/C36H39N3O2/c1-28-16-22-32(23-17-28)41-26-10-25-39-34-14-8-7-13-33(34)38-35(39)15-6-3-9-24-37-36(40)27-29-18-20-31(21-19-29)30-11-4-2-5-12-30/h2,4-5,7-8,11-14,16-23H,3,6,9-10,15,24-27H2,1H3,(H,37,40). The highest BCUT2D eigenvalue weighted by Gasteiger charge is 2.10. The van der Waals surface area contributed by atoms with E-state index in [9.17, 15) is 4.79 Å². The quantitative estimate of drug-likeness (QED) is 0.147. The van der Waals surface area contributed by atoms with E-state index in [4.69, 9.17) is 9.72 Å². The molecule has 0 aliphatic heterocycles. The van der Waals surface area contributed by atoms with E-state index >= 15 is 0 Å². The van der Waals surface area contributed by atoms with Gasteiger partial charge in [0.25, 0.3) is 0 Å². The zero-order valence-electron chi connectivity index (χ0n) is 23.9. The molecule has 0 bridgehead atoms. The van der Waals surface area contributed by atoms with Crippen LogP contribution in [0.3, 0.4) is 0 Å². The molecule has 5 aromatic rings. The van der Waals surface area contributed by atoms with Crippen molar-refractivity contribution in [2.24, 2.45) is 0 Å². The molecule has 41 heavy (non-hydrogen) atoms. The third-order valence-electron chi connectivity index (χ3n) is 7.37. The molecule has 5 rings (SSSR count). The van der Waals surface area contributed by atoms with Gasteiger partial charge in [0.2, 0.25) is 5.91 Å². The number of benzene rings is 4. The van der Waals surface area contributed by atoms with Crippen LogP contribution >= 0.6 is 0 Å². The Balaban J connectivity index is 1.03. The first-order valence-corrected chi connectivity index (χ1v) is 14.7. The van der Waals surface area contributed by atoms with Gasteiger partial charge in [-0.2, -0.15) is 0 Å². The van der Waals surface area contributed by atoms with Crippen LogP contribution in [-0.4, -0.2) is 28.6 Å². The van der Waals surface area contributed by atoms with Crippen LogP contribution < -0.4 is 10.1 Å². The van der Waals surface area contributed by atoms with Gasteiger partial charge in [-0.25, -0.2) is 4.98 Å². The van der Waals surface area contributed by atoms with Gasteiger partial charge in [-0.1, -0.05) is 90.8 Å². The molecule has 0 spiro atoms. The van der Waals surface area contributed by atoms with Crippen LogP contribution in [0.25, 0.3) is 22.2 Å². The van der Waals surface area contributed by atoms with E-state index in [-0.39, 0.29) is 5.91 Å². The number of aromatic nitrogens is 2. The molecule has 4 aromatic carbocycles. The Bertz CT molecular complexity index is 1520. The molecule has 210 valence electrons. The van der Waals surface area contributed by atoms with Crippen LogP contribution in [0.5, 0.6) is 5.75 Å². The fourth-order valence-electron chi connectivity index (χ4n) is 5.12. The second-order valence-electron chi connectivity index (χ2n) is 10.6. The van der Waals surface area contributed by atoms with Gasteiger partial charge in [0, 0.05) is 19.5 Å².